The summed E-state index contributed by atoms with van der Waals surface area (Å²) in [5.41, 5.74) is 2.35. The van der Waals surface area contributed by atoms with Crippen molar-refractivity contribution in [3.05, 3.63) is 29.8 Å². The Hall–Kier alpha value is -2.08. The molecule has 1 saturated heterocycles. The van der Waals surface area contributed by atoms with E-state index < -0.39 is 0 Å². The van der Waals surface area contributed by atoms with Crippen LogP contribution in [0.15, 0.2) is 24.3 Å². The Bertz CT molecular complexity index is 556. The molecule has 23 heavy (non-hydrogen) atoms. The summed E-state index contributed by atoms with van der Waals surface area (Å²) >= 11 is 0. The average Bonchev–Trinajstić information content (AvgIpc) is 2.97. The van der Waals surface area contributed by atoms with Crippen molar-refractivity contribution in [1.29, 1.82) is 0 Å². The number of carbonyl (C=O) groups is 2. The van der Waals surface area contributed by atoms with Gasteiger partial charge in [0.05, 0.1) is 6.54 Å². The second kappa shape index (κ2) is 7.46. The molecule has 1 heterocycles. The molecular formula is C17H27N4O2+. The van der Waals surface area contributed by atoms with Crippen LogP contribution in [-0.4, -0.2) is 56.6 Å². The van der Waals surface area contributed by atoms with Gasteiger partial charge < -0.3 is 15.1 Å². The maximum Gasteiger partial charge on any atom is 0.324 e. The van der Waals surface area contributed by atoms with E-state index in [2.05, 4.69) is 41.4 Å². The van der Waals surface area contributed by atoms with E-state index in [-0.39, 0.29) is 18.0 Å². The molecule has 1 fully saturated rings. The van der Waals surface area contributed by atoms with Crippen molar-refractivity contribution < 1.29 is 14.5 Å². The number of urea groups is 1. The Morgan fingerprint density at radius 3 is 2.48 bits per heavy atom. The van der Waals surface area contributed by atoms with Crippen molar-refractivity contribution in [3.63, 3.8) is 0 Å². The monoisotopic (exact) mass is 319 g/mol. The van der Waals surface area contributed by atoms with Crippen LogP contribution in [0, 0.1) is 0 Å². The van der Waals surface area contributed by atoms with Gasteiger partial charge in [-0.25, -0.2) is 4.79 Å². The van der Waals surface area contributed by atoms with E-state index in [1.165, 1.54) is 10.5 Å². The molecular weight excluding hydrogens is 292 g/mol. The minimum Gasteiger partial charge on any atom is -0.378 e. The smallest absolute Gasteiger partial charge is 0.324 e. The van der Waals surface area contributed by atoms with Crippen LogP contribution in [0.3, 0.4) is 0 Å². The molecule has 0 radical (unpaired) electrons. The van der Waals surface area contributed by atoms with E-state index in [4.69, 9.17) is 0 Å². The van der Waals surface area contributed by atoms with Gasteiger partial charge in [0.15, 0.2) is 6.04 Å². The maximum atomic E-state index is 12.5. The van der Waals surface area contributed by atoms with Gasteiger partial charge in [-0.3, -0.25) is 9.69 Å². The molecule has 0 spiro atoms. The van der Waals surface area contributed by atoms with Crippen LogP contribution in [0.2, 0.25) is 0 Å². The number of likely N-dealkylation sites (N-methyl/N-ethyl adjacent to an activating group) is 1. The van der Waals surface area contributed by atoms with Gasteiger partial charge in [-0.2, -0.15) is 0 Å². The van der Waals surface area contributed by atoms with Crippen LogP contribution < -0.4 is 15.1 Å². The lowest BCUT2D eigenvalue weighted by Gasteiger charge is -2.26. The van der Waals surface area contributed by atoms with Gasteiger partial charge in [0.1, 0.15) is 6.54 Å². The predicted molar refractivity (Wildman–Crippen MR) is 90.6 cm³/mol. The minimum absolute atomic E-state index is 0.0956. The first-order valence-electron chi connectivity index (χ1n) is 8.14. The standard InChI is InChI=1S/C17H26N4O2/c1-5-20(12-14-6-8-15(9-7-14)19(3)4)13(2)16(22)21-11-10-18-17(21)23/h6-9,13H,5,10-12H2,1-4H3,(H,18,23)/p+1/t13-/m1/s1. The van der Waals surface area contributed by atoms with Crippen molar-refractivity contribution in [2.75, 3.05) is 38.6 Å². The van der Waals surface area contributed by atoms with E-state index in [1.54, 1.807) is 0 Å². The Kier molecular flexibility index (Phi) is 5.60. The van der Waals surface area contributed by atoms with Gasteiger partial charge in [-0.05, 0) is 26.0 Å². The predicted octanol–water partition coefficient (Wildman–Crippen LogP) is 0.0977. The molecule has 1 aliphatic rings. The lowest BCUT2D eigenvalue weighted by Crippen LogP contribution is -3.15. The highest BCUT2D eigenvalue weighted by Crippen LogP contribution is 2.11. The summed E-state index contributed by atoms with van der Waals surface area (Å²) in [7, 11) is 4.03. The summed E-state index contributed by atoms with van der Waals surface area (Å²) < 4.78 is 0. The van der Waals surface area contributed by atoms with Gasteiger partial charge in [0, 0.05) is 38.4 Å². The molecule has 0 saturated carbocycles. The van der Waals surface area contributed by atoms with Gasteiger partial charge >= 0.3 is 6.03 Å². The Labute approximate surface area is 138 Å². The first-order valence-corrected chi connectivity index (χ1v) is 8.14. The van der Waals surface area contributed by atoms with E-state index in [0.717, 1.165) is 23.7 Å². The second-order valence-corrected chi connectivity index (χ2v) is 6.19. The van der Waals surface area contributed by atoms with Crippen molar-refractivity contribution in [2.45, 2.75) is 26.4 Å². The highest BCUT2D eigenvalue weighted by molar-refractivity contribution is 5.97. The maximum absolute atomic E-state index is 12.5. The molecule has 1 aliphatic heterocycles. The van der Waals surface area contributed by atoms with Crippen molar-refractivity contribution in [1.82, 2.24) is 10.2 Å². The quantitative estimate of drug-likeness (QED) is 0.782. The van der Waals surface area contributed by atoms with Crippen LogP contribution >= 0.6 is 0 Å². The normalized spacial score (nSPS) is 16.9. The summed E-state index contributed by atoms with van der Waals surface area (Å²) in [6, 6.07) is 7.87. The highest BCUT2D eigenvalue weighted by Gasteiger charge is 2.34. The lowest BCUT2D eigenvalue weighted by molar-refractivity contribution is -0.926. The Morgan fingerprint density at radius 1 is 1.35 bits per heavy atom. The molecule has 2 rings (SSSR count). The lowest BCUT2D eigenvalue weighted by atomic mass is 10.1. The largest absolute Gasteiger partial charge is 0.378 e. The molecule has 2 atom stereocenters. The number of quaternary nitrogens is 1. The van der Waals surface area contributed by atoms with Crippen molar-refractivity contribution in [3.8, 4) is 0 Å². The second-order valence-electron chi connectivity index (χ2n) is 6.19. The van der Waals surface area contributed by atoms with E-state index in [9.17, 15) is 9.59 Å². The number of nitrogens with zero attached hydrogens (tertiary/aromatic N) is 2. The summed E-state index contributed by atoms with van der Waals surface area (Å²) in [4.78, 5) is 28.7. The van der Waals surface area contributed by atoms with Crippen LogP contribution in [0.4, 0.5) is 10.5 Å². The zero-order valence-electron chi connectivity index (χ0n) is 14.4. The molecule has 1 aromatic rings. The molecule has 1 aromatic carbocycles. The molecule has 2 N–H and O–H groups in total. The summed E-state index contributed by atoms with van der Waals surface area (Å²) in [5, 5.41) is 2.68. The van der Waals surface area contributed by atoms with Crippen LogP contribution in [-0.2, 0) is 11.3 Å². The summed E-state index contributed by atoms with van der Waals surface area (Å²) in [5.74, 6) is -0.0956. The number of rotatable bonds is 6. The van der Waals surface area contributed by atoms with E-state index in [1.807, 2.05) is 21.0 Å². The molecule has 126 valence electrons. The number of amides is 3. The third kappa shape index (κ3) is 4.01. The van der Waals surface area contributed by atoms with Gasteiger partial charge in [-0.15, -0.1) is 0 Å². The van der Waals surface area contributed by atoms with Gasteiger partial charge in [0.25, 0.3) is 5.91 Å². The number of hydrogen-bond acceptors (Lipinski definition) is 3. The molecule has 1 unspecified atom stereocenters. The molecule has 6 nitrogen and oxygen atoms in total. The van der Waals surface area contributed by atoms with Crippen LogP contribution in [0.25, 0.3) is 0 Å². The topological polar surface area (TPSA) is 57.1 Å². The first-order chi connectivity index (χ1) is 10.9. The Morgan fingerprint density at radius 2 is 2.00 bits per heavy atom. The fourth-order valence-corrected chi connectivity index (χ4v) is 2.85. The Balaban J connectivity index is 2.03. The number of anilines is 1. The SMILES string of the molecule is CC[NH+](Cc1ccc(N(C)C)cc1)[C@H](C)C(=O)N1CCNC1=O. The number of benzene rings is 1. The van der Waals surface area contributed by atoms with Crippen LogP contribution in [0.5, 0.6) is 0 Å². The molecule has 3 amide bonds. The van der Waals surface area contributed by atoms with E-state index >= 15 is 0 Å². The molecule has 0 bridgehead atoms. The minimum atomic E-state index is -0.271. The number of nitrogens with one attached hydrogen (secondary N) is 2. The van der Waals surface area contributed by atoms with Gasteiger partial charge in [-0.1, -0.05) is 12.1 Å². The fourth-order valence-electron chi connectivity index (χ4n) is 2.85. The summed E-state index contributed by atoms with van der Waals surface area (Å²) in [6.07, 6.45) is 0. The number of imide groups is 1. The molecule has 6 heteroatoms. The number of hydrogen-bond donors (Lipinski definition) is 2. The van der Waals surface area contributed by atoms with E-state index in [0.29, 0.717) is 13.1 Å². The van der Waals surface area contributed by atoms with Crippen molar-refractivity contribution in [2.24, 2.45) is 0 Å². The van der Waals surface area contributed by atoms with Crippen molar-refractivity contribution >= 4 is 17.6 Å². The third-order valence-electron chi connectivity index (χ3n) is 4.44. The van der Waals surface area contributed by atoms with Gasteiger partial charge in [0.2, 0.25) is 0 Å². The summed E-state index contributed by atoms with van der Waals surface area (Å²) in [6.45, 7) is 6.59. The molecule has 0 aliphatic carbocycles. The average molecular weight is 319 g/mol. The molecule has 0 aromatic heterocycles. The highest BCUT2D eigenvalue weighted by atomic mass is 16.2. The zero-order chi connectivity index (χ0) is 17.0. The number of carbonyl (C=O) groups excluding carboxylic acids is 2. The zero-order valence-corrected chi connectivity index (χ0v) is 14.4. The third-order valence-corrected chi connectivity index (χ3v) is 4.44. The van der Waals surface area contributed by atoms with Crippen LogP contribution in [0.1, 0.15) is 19.4 Å². The fraction of sp³-hybridized carbons (Fsp3) is 0.529. The first kappa shape index (κ1) is 17.3.